The Bertz CT molecular complexity index is 1260. The summed E-state index contributed by atoms with van der Waals surface area (Å²) in [4.78, 5) is 19.6. The van der Waals surface area contributed by atoms with Gasteiger partial charge in [-0.25, -0.2) is 4.99 Å². The van der Waals surface area contributed by atoms with Gasteiger partial charge in [-0.15, -0.1) is 0 Å². The molecule has 2 N–H and O–H groups in total. The van der Waals surface area contributed by atoms with Crippen molar-refractivity contribution in [2.45, 2.75) is 12.7 Å². The van der Waals surface area contributed by atoms with Crippen LogP contribution in [0.2, 0.25) is 10.0 Å². The van der Waals surface area contributed by atoms with Gasteiger partial charge in [-0.1, -0.05) is 53.5 Å². The first-order valence-electron chi connectivity index (χ1n) is 10.4. The average Bonchev–Trinajstić information content (AvgIpc) is 2.94. The highest BCUT2D eigenvalue weighted by molar-refractivity contribution is 7.80. The summed E-state index contributed by atoms with van der Waals surface area (Å²) in [5, 5.41) is 7.52. The van der Waals surface area contributed by atoms with Crippen LogP contribution in [0, 0.1) is 0 Å². The maximum absolute atomic E-state index is 13.3. The number of anilines is 1. The van der Waals surface area contributed by atoms with Crippen LogP contribution in [0.25, 0.3) is 0 Å². The van der Waals surface area contributed by atoms with Gasteiger partial charge >= 0.3 is 0 Å². The molecule has 0 spiro atoms. The summed E-state index contributed by atoms with van der Waals surface area (Å²) in [7, 11) is 3.32. The maximum atomic E-state index is 13.3. The number of benzene rings is 3. The fourth-order valence-electron chi connectivity index (χ4n) is 3.61. The Morgan fingerprint density at radius 2 is 1.82 bits per heavy atom. The van der Waals surface area contributed by atoms with E-state index in [1.54, 1.807) is 43.3 Å². The average molecular weight is 513 g/mol. The summed E-state index contributed by atoms with van der Waals surface area (Å²) >= 11 is 18.3. The number of carbonyl (C=O) groups is 1. The number of hydrogen-bond acceptors (Lipinski definition) is 4. The third-order valence-electron chi connectivity index (χ3n) is 5.41. The maximum Gasteiger partial charge on any atom is 0.272 e. The molecule has 3 aromatic rings. The van der Waals surface area contributed by atoms with Crippen LogP contribution < -0.4 is 20.3 Å². The Morgan fingerprint density at radius 1 is 1.09 bits per heavy atom. The molecule has 3 aromatic carbocycles. The van der Waals surface area contributed by atoms with Gasteiger partial charge < -0.3 is 20.3 Å². The van der Waals surface area contributed by atoms with E-state index in [1.807, 2.05) is 42.5 Å². The Balaban J connectivity index is 1.63. The lowest BCUT2D eigenvalue weighted by atomic mass is 10.00. The second-order valence-corrected chi connectivity index (χ2v) is 8.85. The van der Waals surface area contributed by atoms with Crippen LogP contribution in [0.15, 0.2) is 71.7 Å². The van der Waals surface area contributed by atoms with E-state index in [-0.39, 0.29) is 5.91 Å². The van der Waals surface area contributed by atoms with Crippen molar-refractivity contribution >= 4 is 57.8 Å². The molecular formula is C25H22Cl2N4O2S. The van der Waals surface area contributed by atoms with E-state index in [2.05, 4.69) is 10.6 Å². The number of hydrogen-bond donors (Lipinski definition) is 2. The lowest BCUT2D eigenvalue weighted by molar-refractivity contribution is -0.119. The molecule has 0 saturated carbocycles. The minimum atomic E-state index is -0.960. The molecule has 0 aromatic heterocycles. The predicted octanol–water partition coefficient (Wildman–Crippen LogP) is 4.81. The standard InChI is InChI=1S/C25H22Cl2N4O2S/c1-31-21-12-9-16(26)13-19(21)22(18-5-3-4-6-20(18)27)29-23(24(31)32)30-25(34)28-14-15-7-10-17(33-2)11-8-15/h3-13,23H,14H2,1-2H3,(H2,28,30,34). The Labute approximate surface area is 213 Å². The van der Waals surface area contributed by atoms with Crippen LogP contribution in [-0.2, 0) is 11.3 Å². The molecule has 0 bridgehead atoms. The van der Waals surface area contributed by atoms with Gasteiger partial charge in [0, 0.05) is 34.8 Å². The molecule has 0 saturated heterocycles. The van der Waals surface area contributed by atoms with Crippen molar-refractivity contribution in [3.63, 3.8) is 0 Å². The molecule has 4 rings (SSSR count). The molecule has 1 aliphatic heterocycles. The lowest BCUT2D eigenvalue weighted by Gasteiger charge is -2.22. The molecule has 0 fully saturated rings. The van der Waals surface area contributed by atoms with E-state index in [1.165, 1.54) is 0 Å². The number of methoxy groups -OCH3 is 1. The minimum Gasteiger partial charge on any atom is -0.497 e. The monoisotopic (exact) mass is 512 g/mol. The van der Waals surface area contributed by atoms with Crippen molar-refractivity contribution in [3.05, 3.63) is 93.5 Å². The fourth-order valence-corrected chi connectivity index (χ4v) is 4.19. The number of nitrogens with one attached hydrogen (secondary N) is 2. The number of rotatable bonds is 5. The molecule has 6 nitrogen and oxygen atoms in total. The third-order valence-corrected chi connectivity index (χ3v) is 6.23. The summed E-state index contributed by atoms with van der Waals surface area (Å²) in [5.74, 6) is 0.511. The number of halogens is 2. The van der Waals surface area contributed by atoms with Gasteiger partial charge in [0.05, 0.1) is 18.5 Å². The summed E-state index contributed by atoms with van der Waals surface area (Å²) in [6.45, 7) is 0.476. The van der Waals surface area contributed by atoms with Crippen LogP contribution in [-0.4, -0.2) is 37.1 Å². The highest BCUT2D eigenvalue weighted by Crippen LogP contribution is 2.31. The van der Waals surface area contributed by atoms with Gasteiger partial charge in [-0.2, -0.15) is 0 Å². The molecule has 34 heavy (non-hydrogen) atoms. The van der Waals surface area contributed by atoms with Crippen molar-refractivity contribution in [1.82, 2.24) is 10.6 Å². The Kier molecular flexibility index (Phi) is 7.36. The molecule has 0 aliphatic carbocycles. The van der Waals surface area contributed by atoms with Gasteiger partial charge in [0.1, 0.15) is 5.75 Å². The number of benzodiazepines with no additional fused rings is 1. The molecule has 1 atom stereocenters. The zero-order valence-electron chi connectivity index (χ0n) is 18.5. The molecule has 1 heterocycles. The lowest BCUT2D eigenvalue weighted by Crippen LogP contribution is -2.49. The van der Waals surface area contributed by atoms with E-state index in [9.17, 15) is 4.79 Å². The van der Waals surface area contributed by atoms with Crippen molar-refractivity contribution in [1.29, 1.82) is 0 Å². The number of carbonyl (C=O) groups excluding carboxylic acids is 1. The predicted molar refractivity (Wildman–Crippen MR) is 141 cm³/mol. The molecule has 1 amide bonds. The molecule has 0 radical (unpaired) electrons. The second kappa shape index (κ2) is 10.4. The number of likely N-dealkylation sites (N-methyl/N-ethyl adjacent to an activating group) is 1. The van der Waals surface area contributed by atoms with Crippen molar-refractivity contribution in [2.75, 3.05) is 19.1 Å². The zero-order chi connectivity index (χ0) is 24.2. The first-order valence-corrected chi connectivity index (χ1v) is 11.6. The van der Waals surface area contributed by atoms with E-state index < -0.39 is 6.17 Å². The number of thiocarbonyl (C=S) groups is 1. The van der Waals surface area contributed by atoms with Gasteiger partial charge in [0.2, 0.25) is 6.17 Å². The van der Waals surface area contributed by atoms with E-state index in [0.717, 1.165) is 11.3 Å². The van der Waals surface area contributed by atoms with Crippen LogP contribution in [0.4, 0.5) is 5.69 Å². The van der Waals surface area contributed by atoms with E-state index >= 15 is 0 Å². The van der Waals surface area contributed by atoms with Crippen molar-refractivity contribution in [2.24, 2.45) is 4.99 Å². The van der Waals surface area contributed by atoms with Gasteiger partial charge in [0.25, 0.3) is 5.91 Å². The fraction of sp³-hybridized carbons (Fsp3) is 0.160. The number of aliphatic imine (C=N–C) groups is 1. The highest BCUT2D eigenvalue weighted by Gasteiger charge is 2.31. The largest absolute Gasteiger partial charge is 0.497 e. The van der Waals surface area contributed by atoms with Crippen LogP contribution in [0.3, 0.4) is 0 Å². The molecule has 1 aliphatic rings. The van der Waals surface area contributed by atoms with Crippen LogP contribution >= 0.6 is 35.4 Å². The molecule has 174 valence electrons. The molecular weight excluding hydrogens is 491 g/mol. The Hall–Kier alpha value is -3.13. The smallest absolute Gasteiger partial charge is 0.272 e. The topological polar surface area (TPSA) is 66.0 Å². The SMILES string of the molecule is COc1ccc(CNC(=S)NC2N=C(c3ccccc3Cl)c3cc(Cl)ccc3N(C)C2=O)cc1. The number of fused-ring (bicyclic) bond motifs is 1. The number of ether oxygens (including phenoxy) is 1. The first kappa shape index (κ1) is 24.0. The Morgan fingerprint density at radius 3 is 2.53 bits per heavy atom. The van der Waals surface area contributed by atoms with Crippen LogP contribution in [0.5, 0.6) is 5.75 Å². The van der Waals surface area contributed by atoms with E-state index in [4.69, 9.17) is 45.1 Å². The van der Waals surface area contributed by atoms with Crippen molar-refractivity contribution < 1.29 is 9.53 Å². The number of nitrogens with zero attached hydrogens (tertiary/aromatic N) is 2. The summed E-state index contributed by atoms with van der Waals surface area (Å²) in [6.07, 6.45) is -0.960. The zero-order valence-corrected chi connectivity index (χ0v) is 20.8. The first-order chi connectivity index (χ1) is 16.4. The quantitative estimate of drug-likeness (QED) is 0.480. The van der Waals surface area contributed by atoms with Crippen LogP contribution in [0.1, 0.15) is 16.7 Å². The normalized spacial score (nSPS) is 15.2. The van der Waals surface area contributed by atoms with Gasteiger partial charge in [-0.05, 0) is 54.2 Å². The summed E-state index contributed by atoms with van der Waals surface area (Å²) in [6, 6.07) is 20.3. The minimum absolute atomic E-state index is 0.265. The van der Waals surface area contributed by atoms with Crippen molar-refractivity contribution in [3.8, 4) is 5.75 Å². The molecule has 1 unspecified atom stereocenters. The second-order valence-electron chi connectivity index (χ2n) is 7.59. The highest BCUT2D eigenvalue weighted by atomic mass is 35.5. The molecule has 9 heteroatoms. The summed E-state index contributed by atoms with van der Waals surface area (Å²) < 4.78 is 5.18. The van der Waals surface area contributed by atoms with Gasteiger partial charge in [-0.3, -0.25) is 4.79 Å². The number of amides is 1. The third kappa shape index (κ3) is 5.17. The van der Waals surface area contributed by atoms with Gasteiger partial charge in [0.15, 0.2) is 5.11 Å². The van der Waals surface area contributed by atoms with E-state index in [0.29, 0.717) is 44.2 Å². The summed E-state index contributed by atoms with van der Waals surface area (Å²) in [5.41, 5.74) is 3.64.